The summed E-state index contributed by atoms with van der Waals surface area (Å²) in [6.07, 6.45) is 6.52. The molecule has 1 saturated carbocycles. The molecule has 16 heteroatoms. The number of carbonyl (C=O) groups is 3. The number of amides is 3. The second kappa shape index (κ2) is 26.0. The lowest BCUT2D eigenvalue weighted by atomic mass is 9.85. The Bertz CT molecular complexity index is 1540. The number of rotatable bonds is 28. The summed E-state index contributed by atoms with van der Waals surface area (Å²) in [4.78, 5) is 40.3. The van der Waals surface area contributed by atoms with Gasteiger partial charge < -0.3 is 41.6 Å². The molecule has 3 amide bonds. The van der Waals surface area contributed by atoms with Crippen LogP contribution in [0.1, 0.15) is 80.9 Å². The molecule has 2 unspecified atom stereocenters. The number of nitrogen functional groups attached to an aromatic ring is 1. The smallest absolute Gasteiger partial charge is 0.242 e. The lowest BCUT2D eigenvalue weighted by Gasteiger charge is -2.28. The van der Waals surface area contributed by atoms with Gasteiger partial charge in [-0.2, -0.15) is 0 Å². The van der Waals surface area contributed by atoms with Gasteiger partial charge in [-0.25, -0.2) is 13.1 Å². The van der Waals surface area contributed by atoms with Crippen molar-refractivity contribution in [1.82, 2.24) is 20.7 Å². The molecule has 0 spiro atoms. The highest BCUT2D eigenvalue weighted by atomic mass is 32.2. The van der Waals surface area contributed by atoms with Crippen molar-refractivity contribution in [2.45, 2.75) is 88.6 Å². The van der Waals surface area contributed by atoms with Crippen molar-refractivity contribution in [2.24, 2.45) is 17.4 Å². The fraction of sp³-hybridized carbons (Fsp3) is 0.590. The van der Waals surface area contributed by atoms with Crippen LogP contribution >= 0.6 is 0 Å². The van der Waals surface area contributed by atoms with E-state index in [9.17, 15) is 22.8 Å². The Hall–Kier alpha value is -3.93. The Labute approximate surface area is 325 Å². The van der Waals surface area contributed by atoms with Gasteiger partial charge >= 0.3 is 0 Å². The molecule has 306 valence electrons. The summed E-state index contributed by atoms with van der Waals surface area (Å²) in [5.74, 6) is -1.65. The summed E-state index contributed by atoms with van der Waals surface area (Å²) in [5, 5.41) is 16.0. The van der Waals surface area contributed by atoms with E-state index in [0.717, 1.165) is 44.1 Å². The zero-order valence-electron chi connectivity index (χ0n) is 31.9. The minimum Gasteiger partial charge on any atom is -0.384 e. The minimum atomic E-state index is -3.92. The first-order valence-electron chi connectivity index (χ1n) is 19.3. The van der Waals surface area contributed by atoms with Gasteiger partial charge in [0, 0.05) is 38.3 Å². The van der Waals surface area contributed by atoms with Crippen LogP contribution in [0.3, 0.4) is 0 Å². The number of carbonyl (C=O) groups excluding carboxylic acids is 3. The first-order chi connectivity index (χ1) is 26.6. The van der Waals surface area contributed by atoms with Gasteiger partial charge in [0.2, 0.25) is 27.7 Å². The summed E-state index contributed by atoms with van der Waals surface area (Å²) < 4.78 is 45.7. The topological polar surface area (TPSA) is 237 Å². The number of nitrogens with one attached hydrogen (secondary N) is 5. The predicted octanol–water partition coefficient (Wildman–Crippen LogP) is 2.22. The number of nitrogens with two attached hydrogens (primary N) is 2. The van der Waals surface area contributed by atoms with Crippen LogP contribution in [0.2, 0.25) is 0 Å². The lowest BCUT2D eigenvalue weighted by Crippen LogP contribution is -2.54. The first kappa shape index (κ1) is 45.5. The third kappa shape index (κ3) is 19.5. The van der Waals surface area contributed by atoms with Gasteiger partial charge in [0.05, 0.1) is 32.2 Å². The molecular weight excluding hydrogens is 727 g/mol. The van der Waals surface area contributed by atoms with Crippen molar-refractivity contribution >= 4 is 33.6 Å². The molecule has 0 radical (unpaired) electrons. The number of sulfonamides is 1. The van der Waals surface area contributed by atoms with Crippen LogP contribution in [-0.2, 0) is 50.9 Å². The van der Waals surface area contributed by atoms with Crippen molar-refractivity contribution in [3.63, 3.8) is 0 Å². The van der Waals surface area contributed by atoms with Gasteiger partial charge in [-0.1, -0.05) is 86.7 Å². The second-order valence-corrected chi connectivity index (χ2v) is 15.5. The number of ether oxygens (including phenoxy) is 3. The maximum Gasteiger partial charge on any atom is 0.242 e. The highest BCUT2D eigenvalue weighted by Crippen LogP contribution is 2.28. The van der Waals surface area contributed by atoms with Gasteiger partial charge in [-0.3, -0.25) is 19.8 Å². The Kier molecular flexibility index (Phi) is 21.5. The van der Waals surface area contributed by atoms with Gasteiger partial charge in [0.15, 0.2) is 0 Å². The lowest BCUT2D eigenvalue weighted by molar-refractivity contribution is -0.130. The summed E-state index contributed by atoms with van der Waals surface area (Å²) in [5.41, 5.74) is 12.9. The van der Waals surface area contributed by atoms with E-state index in [4.69, 9.17) is 31.1 Å². The van der Waals surface area contributed by atoms with Gasteiger partial charge in [0.1, 0.15) is 17.9 Å². The average Bonchev–Trinajstić information content (AvgIpc) is 3.17. The van der Waals surface area contributed by atoms with E-state index < -0.39 is 33.9 Å². The zero-order chi connectivity index (χ0) is 39.7. The molecule has 0 aliphatic heterocycles. The van der Waals surface area contributed by atoms with Crippen molar-refractivity contribution < 1.29 is 37.0 Å². The van der Waals surface area contributed by atoms with Gasteiger partial charge in [-0.15, -0.1) is 0 Å². The van der Waals surface area contributed by atoms with Gasteiger partial charge in [-0.05, 0) is 49.3 Å². The molecule has 9 N–H and O–H groups in total. The maximum absolute atomic E-state index is 13.9. The first-order valence-corrected chi connectivity index (χ1v) is 21.0. The minimum absolute atomic E-state index is 0.0105. The molecule has 3 rings (SSSR count). The third-order valence-corrected chi connectivity index (χ3v) is 10.5. The van der Waals surface area contributed by atoms with Crippen LogP contribution in [0.4, 0.5) is 0 Å². The van der Waals surface area contributed by atoms with Gasteiger partial charge in [0.25, 0.3) is 0 Å². The Morgan fingerprint density at radius 2 is 1.42 bits per heavy atom. The molecule has 0 bridgehead atoms. The van der Waals surface area contributed by atoms with Crippen molar-refractivity contribution in [3.8, 4) is 0 Å². The fourth-order valence-electron chi connectivity index (χ4n) is 6.17. The molecule has 55 heavy (non-hydrogen) atoms. The van der Waals surface area contributed by atoms with E-state index in [2.05, 4.69) is 20.7 Å². The molecular formula is C39H61N7O8S. The summed E-state index contributed by atoms with van der Waals surface area (Å²) >= 11 is 0. The molecule has 2 aromatic carbocycles. The van der Waals surface area contributed by atoms with E-state index in [1.807, 2.05) is 0 Å². The van der Waals surface area contributed by atoms with Crippen LogP contribution in [0.5, 0.6) is 0 Å². The van der Waals surface area contributed by atoms with Crippen LogP contribution in [0, 0.1) is 11.3 Å². The number of hydrogen-bond acceptors (Lipinski definition) is 10. The SMILES string of the molecule is N=C(N)c1ccc(CNC(=O)C(CCC(=O)NCCCOCCOCCOCCCN)NC(=O)C(CC2CCCCC2)NS(=O)(=O)Cc2ccccc2)cc1. The molecule has 2 atom stereocenters. The molecule has 2 aromatic rings. The van der Waals surface area contributed by atoms with E-state index in [1.165, 1.54) is 0 Å². The molecule has 1 aliphatic rings. The third-order valence-electron chi connectivity index (χ3n) is 9.18. The molecule has 15 nitrogen and oxygen atoms in total. The highest BCUT2D eigenvalue weighted by molar-refractivity contribution is 7.88. The van der Waals surface area contributed by atoms with Crippen molar-refractivity contribution in [2.75, 3.05) is 52.7 Å². The average molecular weight is 788 g/mol. The normalized spacial score (nSPS) is 14.5. The number of benzene rings is 2. The fourth-order valence-corrected chi connectivity index (χ4v) is 7.52. The quantitative estimate of drug-likeness (QED) is 0.0377. The van der Waals surface area contributed by atoms with Crippen LogP contribution in [-0.4, -0.2) is 96.8 Å². The Morgan fingerprint density at radius 3 is 2.05 bits per heavy atom. The molecule has 0 heterocycles. The van der Waals surface area contributed by atoms with Crippen molar-refractivity contribution in [1.29, 1.82) is 5.41 Å². The Balaban J connectivity index is 1.57. The standard InChI is InChI=1S/C39H61N7O8S/c40-19-7-21-52-23-25-54-26-24-53-22-8-20-43-36(47)18-17-34(38(48)44-28-31-13-15-33(16-14-31)37(41)42)45-39(49)35(27-30-9-3-1-4-10-30)46-55(50,51)29-32-11-5-2-6-12-32/h2,5-6,11-16,30,34-35,46H,1,3-4,7-10,17-29,40H2,(H3,41,42)(H,43,47)(H,44,48)(H,45,49). The molecule has 1 aliphatic carbocycles. The van der Waals surface area contributed by atoms with Crippen molar-refractivity contribution in [3.05, 3.63) is 71.3 Å². The Morgan fingerprint density at radius 1 is 0.782 bits per heavy atom. The van der Waals surface area contributed by atoms with Crippen LogP contribution < -0.4 is 32.1 Å². The summed E-state index contributed by atoms with van der Waals surface area (Å²) in [6.45, 7) is 3.94. The van der Waals surface area contributed by atoms with E-state index in [1.54, 1.807) is 54.6 Å². The van der Waals surface area contributed by atoms with E-state index in [0.29, 0.717) is 76.7 Å². The monoisotopic (exact) mass is 787 g/mol. The predicted molar refractivity (Wildman–Crippen MR) is 211 cm³/mol. The molecule has 1 fully saturated rings. The maximum atomic E-state index is 13.9. The molecule has 0 saturated heterocycles. The van der Waals surface area contributed by atoms with Crippen LogP contribution in [0.25, 0.3) is 0 Å². The van der Waals surface area contributed by atoms with E-state index >= 15 is 0 Å². The second-order valence-electron chi connectivity index (χ2n) is 13.8. The van der Waals surface area contributed by atoms with Crippen LogP contribution in [0.15, 0.2) is 54.6 Å². The summed E-state index contributed by atoms with van der Waals surface area (Å²) in [6, 6.07) is 13.3. The highest BCUT2D eigenvalue weighted by Gasteiger charge is 2.31. The van der Waals surface area contributed by atoms with E-state index in [-0.39, 0.29) is 42.8 Å². The number of amidine groups is 1. The molecule has 0 aromatic heterocycles. The zero-order valence-corrected chi connectivity index (χ0v) is 32.7. The number of hydrogen-bond donors (Lipinski definition) is 7. The summed E-state index contributed by atoms with van der Waals surface area (Å²) in [7, 11) is -3.92. The largest absolute Gasteiger partial charge is 0.384 e.